The SMILES string of the molecule is O=C(NCCCCNCC(O)c1ccc(O)c2[nH]c(=O)ccc12)c1ccc(C(=O)N2CCC(C(=O)O[C@H]3CN4CCC3CC4)(c3ccccc3)CC2)s1. The van der Waals surface area contributed by atoms with Gasteiger partial charge in [-0.25, -0.2) is 0 Å². The van der Waals surface area contributed by atoms with Gasteiger partial charge in [0, 0.05) is 44.2 Å². The number of phenols is 1. The van der Waals surface area contributed by atoms with Gasteiger partial charge in [-0.1, -0.05) is 36.4 Å². The second kappa shape index (κ2) is 16.2. The highest BCUT2D eigenvalue weighted by Gasteiger charge is 2.47. The number of ether oxygens (including phenoxy) is 1. The lowest BCUT2D eigenvalue weighted by atomic mass is 9.72. The van der Waals surface area contributed by atoms with E-state index in [2.05, 4.69) is 20.5 Å². The highest BCUT2D eigenvalue weighted by molar-refractivity contribution is 7.15. The number of carbonyl (C=O) groups excluding carboxylic acids is 3. The second-order valence-corrected chi connectivity index (χ2v) is 15.5. The zero-order chi connectivity index (χ0) is 37.0. The Morgan fingerprint density at radius 2 is 1.66 bits per heavy atom. The first-order valence-electron chi connectivity index (χ1n) is 18.6. The minimum atomic E-state index is -0.841. The average Bonchev–Trinajstić information content (AvgIpc) is 3.69. The van der Waals surface area contributed by atoms with Crippen molar-refractivity contribution in [3.63, 3.8) is 0 Å². The van der Waals surface area contributed by atoms with Crippen LogP contribution in [0.1, 0.15) is 75.1 Å². The Morgan fingerprint density at radius 1 is 0.925 bits per heavy atom. The summed E-state index contributed by atoms with van der Waals surface area (Å²) < 4.78 is 6.28. The summed E-state index contributed by atoms with van der Waals surface area (Å²) in [5.41, 5.74) is 0.694. The van der Waals surface area contributed by atoms with E-state index in [1.807, 2.05) is 30.3 Å². The van der Waals surface area contributed by atoms with Crippen molar-refractivity contribution in [2.24, 2.45) is 5.92 Å². The lowest BCUT2D eigenvalue weighted by molar-refractivity contribution is -0.167. The van der Waals surface area contributed by atoms with Gasteiger partial charge in [0.1, 0.15) is 11.9 Å². The molecule has 4 aromatic rings. The van der Waals surface area contributed by atoms with E-state index in [1.54, 1.807) is 29.2 Å². The summed E-state index contributed by atoms with van der Waals surface area (Å²) in [5.74, 6) is -0.182. The number of aromatic amines is 1. The molecule has 6 heterocycles. The predicted molar refractivity (Wildman–Crippen MR) is 202 cm³/mol. The number of unbranched alkanes of at least 4 members (excludes halogenated alkanes) is 1. The lowest BCUT2D eigenvalue weighted by Crippen LogP contribution is -2.55. The van der Waals surface area contributed by atoms with Gasteiger partial charge in [-0.3, -0.25) is 24.1 Å². The molecule has 13 heteroatoms. The summed E-state index contributed by atoms with van der Waals surface area (Å²) in [6.07, 6.45) is 3.65. The molecule has 0 saturated carbocycles. The average molecular weight is 742 g/mol. The van der Waals surface area contributed by atoms with E-state index in [0.29, 0.717) is 77.6 Å². The lowest BCUT2D eigenvalue weighted by Gasteiger charge is -2.46. The molecule has 1 unspecified atom stereocenters. The normalized spacial score (nSPS) is 21.3. The number of nitrogens with zero attached hydrogens (tertiary/aromatic N) is 2. The van der Waals surface area contributed by atoms with Crippen molar-refractivity contribution < 1.29 is 29.3 Å². The highest BCUT2D eigenvalue weighted by Crippen LogP contribution is 2.40. The number of amides is 2. The summed E-state index contributed by atoms with van der Waals surface area (Å²) in [5, 5.41) is 27.5. The second-order valence-electron chi connectivity index (χ2n) is 14.5. The molecule has 2 amide bonds. The van der Waals surface area contributed by atoms with Gasteiger partial charge in [-0.2, -0.15) is 0 Å². The van der Waals surface area contributed by atoms with E-state index in [-0.39, 0.29) is 41.7 Å². The van der Waals surface area contributed by atoms with E-state index in [1.165, 1.54) is 23.5 Å². The highest BCUT2D eigenvalue weighted by atomic mass is 32.1. The summed E-state index contributed by atoms with van der Waals surface area (Å²) in [6.45, 7) is 5.15. The van der Waals surface area contributed by atoms with Gasteiger partial charge in [-0.15, -0.1) is 11.3 Å². The predicted octanol–water partition coefficient (Wildman–Crippen LogP) is 3.94. The molecule has 280 valence electrons. The molecule has 8 rings (SSSR count). The van der Waals surface area contributed by atoms with Crippen molar-refractivity contribution >= 4 is 40.0 Å². The minimum absolute atomic E-state index is 0.0548. The molecule has 2 bridgehead atoms. The number of esters is 1. The molecule has 5 N–H and O–H groups in total. The van der Waals surface area contributed by atoms with Crippen molar-refractivity contribution in [3.05, 3.63) is 98.0 Å². The number of fused-ring (bicyclic) bond motifs is 4. The van der Waals surface area contributed by atoms with E-state index < -0.39 is 11.5 Å². The topological polar surface area (TPSA) is 164 Å². The maximum absolute atomic E-state index is 14.0. The Labute approximate surface area is 312 Å². The summed E-state index contributed by atoms with van der Waals surface area (Å²) >= 11 is 1.18. The fraction of sp³-hybridized carbons (Fsp3) is 0.450. The van der Waals surface area contributed by atoms with Gasteiger partial charge in [-0.05, 0) is 99.5 Å². The third kappa shape index (κ3) is 8.03. The van der Waals surface area contributed by atoms with Gasteiger partial charge in [0.25, 0.3) is 11.8 Å². The Hall–Kier alpha value is -4.56. The molecule has 2 aromatic carbocycles. The van der Waals surface area contributed by atoms with Gasteiger partial charge >= 0.3 is 5.97 Å². The summed E-state index contributed by atoms with van der Waals surface area (Å²) in [7, 11) is 0. The number of H-pyrrole nitrogens is 1. The molecule has 4 aliphatic heterocycles. The van der Waals surface area contributed by atoms with Crippen molar-refractivity contribution in [1.82, 2.24) is 25.4 Å². The molecule has 53 heavy (non-hydrogen) atoms. The number of piperidine rings is 4. The fourth-order valence-electron chi connectivity index (χ4n) is 8.05. The first-order chi connectivity index (χ1) is 25.7. The minimum Gasteiger partial charge on any atom is -0.506 e. The number of thiophene rings is 1. The van der Waals surface area contributed by atoms with Gasteiger partial charge in [0.2, 0.25) is 5.56 Å². The van der Waals surface area contributed by atoms with Crippen LogP contribution in [0.15, 0.2) is 71.5 Å². The van der Waals surface area contributed by atoms with E-state index in [4.69, 9.17) is 4.74 Å². The number of phenolic OH excluding ortho intramolecular Hbond substituents is 1. The molecule has 0 radical (unpaired) electrons. The van der Waals surface area contributed by atoms with Crippen LogP contribution in [0.5, 0.6) is 5.75 Å². The fourth-order valence-corrected chi connectivity index (χ4v) is 8.94. The Morgan fingerprint density at radius 3 is 2.40 bits per heavy atom. The van der Waals surface area contributed by atoms with Crippen LogP contribution in [-0.2, 0) is 14.9 Å². The molecule has 4 saturated heterocycles. The van der Waals surface area contributed by atoms with Crippen LogP contribution in [0.2, 0.25) is 0 Å². The van der Waals surface area contributed by atoms with Crippen LogP contribution >= 0.6 is 11.3 Å². The number of hydrogen-bond donors (Lipinski definition) is 5. The molecule has 4 aliphatic rings. The number of aliphatic hydroxyl groups excluding tert-OH is 1. The van der Waals surface area contributed by atoms with Gasteiger partial charge < -0.3 is 35.5 Å². The Balaban J connectivity index is 0.858. The maximum atomic E-state index is 14.0. The van der Waals surface area contributed by atoms with E-state index >= 15 is 0 Å². The molecule has 0 spiro atoms. The standard InChI is InChI=1S/C40H47N5O7S/c46-30-10-8-28(29-9-13-35(48)43-36(29)30)31(47)24-41-18-4-5-19-42-37(49)33-11-12-34(53-33)38(50)45-22-16-40(17-23-45,27-6-2-1-3-7-27)39(51)52-32-25-44-20-14-26(32)15-21-44/h1-3,6-13,26,31-32,41,46-47H,4-5,14-25H2,(H,42,49)(H,43,48)/t31?,32-/m0/s1. The number of aliphatic hydroxyl groups is 1. The third-order valence-electron chi connectivity index (χ3n) is 11.2. The first kappa shape index (κ1) is 36.8. The Bertz CT molecular complexity index is 1980. The number of pyridine rings is 1. The molecular weight excluding hydrogens is 695 g/mol. The van der Waals surface area contributed by atoms with Gasteiger partial charge in [0.15, 0.2) is 0 Å². The van der Waals surface area contributed by atoms with Crippen molar-refractivity contribution in [2.75, 3.05) is 52.4 Å². The number of carbonyl (C=O) groups is 3. The van der Waals surface area contributed by atoms with Crippen LogP contribution in [0, 0.1) is 5.92 Å². The summed E-state index contributed by atoms with van der Waals surface area (Å²) in [4.78, 5) is 59.8. The van der Waals surface area contributed by atoms with Crippen LogP contribution in [-0.4, -0.2) is 101 Å². The zero-order valence-corrected chi connectivity index (χ0v) is 30.5. The summed E-state index contributed by atoms with van der Waals surface area (Å²) in [6, 6.07) is 19.3. The number of aromatic hydroxyl groups is 1. The molecular formula is C40H47N5O7S. The first-order valence-corrected chi connectivity index (χ1v) is 19.4. The van der Waals surface area contributed by atoms with E-state index in [0.717, 1.165) is 44.5 Å². The van der Waals surface area contributed by atoms with Crippen LogP contribution in [0.25, 0.3) is 10.9 Å². The van der Waals surface area contributed by atoms with Crippen LogP contribution < -0.4 is 16.2 Å². The number of likely N-dealkylation sites (tertiary alicyclic amines) is 1. The Kier molecular flexibility index (Phi) is 11.3. The maximum Gasteiger partial charge on any atom is 0.317 e. The van der Waals surface area contributed by atoms with Crippen LogP contribution in [0.3, 0.4) is 0 Å². The molecule has 0 aliphatic carbocycles. The van der Waals surface area contributed by atoms with Crippen molar-refractivity contribution in [1.29, 1.82) is 0 Å². The van der Waals surface area contributed by atoms with Gasteiger partial charge in [0.05, 0.1) is 26.8 Å². The number of hydrogen-bond acceptors (Lipinski definition) is 10. The number of aromatic nitrogens is 1. The number of rotatable bonds is 13. The van der Waals surface area contributed by atoms with Crippen molar-refractivity contribution in [2.45, 2.75) is 56.1 Å². The third-order valence-corrected chi connectivity index (χ3v) is 12.3. The smallest absolute Gasteiger partial charge is 0.317 e. The molecule has 2 aromatic heterocycles. The van der Waals surface area contributed by atoms with Crippen molar-refractivity contribution in [3.8, 4) is 5.75 Å². The molecule has 12 nitrogen and oxygen atoms in total. The monoisotopic (exact) mass is 741 g/mol. The zero-order valence-electron chi connectivity index (χ0n) is 29.7. The quantitative estimate of drug-likeness (QED) is 0.101. The molecule has 4 fully saturated rings. The number of benzene rings is 2. The number of nitrogens with one attached hydrogen (secondary N) is 3. The van der Waals surface area contributed by atoms with E-state index in [9.17, 15) is 29.4 Å². The largest absolute Gasteiger partial charge is 0.506 e. The van der Waals surface area contributed by atoms with Crippen LogP contribution in [0.4, 0.5) is 0 Å². The molecule has 2 atom stereocenters.